The number of carbonyl (C=O) groups excluding carboxylic acids is 2. The summed E-state index contributed by atoms with van der Waals surface area (Å²) in [6.45, 7) is 0.158. The van der Waals surface area contributed by atoms with Gasteiger partial charge in [-0.05, 0) is 42.0 Å². The maximum Gasteiger partial charge on any atom is 0.264 e. The summed E-state index contributed by atoms with van der Waals surface area (Å²) in [7, 11) is 0. The van der Waals surface area contributed by atoms with Crippen molar-refractivity contribution in [2.24, 2.45) is 0 Å². The van der Waals surface area contributed by atoms with Crippen LogP contribution in [0, 0.1) is 0 Å². The van der Waals surface area contributed by atoms with Gasteiger partial charge in [-0.2, -0.15) is 0 Å². The van der Waals surface area contributed by atoms with E-state index in [0.29, 0.717) is 26.3 Å². The molecule has 4 nitrogen and oxygen atoms in total. The molecule has 1 N–H and O–H groups in total. The van der Waals surface area contributed by atoms with Gasteiger partial charge in [-0.15, -0.1) is 0 Å². The molecule has 0 saturated heterocycles. The molecule has 3 aromatic rings. The van der Waals surface area contributed by atoms with Crippen molar-refractivity contribution >= 4 is 63.8 Å². The molecule has 1 atom stereocenters. The van der Waals surface area contributed by atoms with Gasteiger partial charge in [-0.3, -0.25) is 9.59 Å². The highest BCUT2D eigenvalue weighted by Crippen LogP contribution is 2.44. The van der Waals surface area contributed by atoms with E-state index in [-0.39, 0.29) is 17.1 Å². The molecule has 158 valence electrons. The second-order valence-electron chi connectivity index (χ2n) is 7.24. The van der Waals surface area contributed by atoms with Crippen molar-refractivity contribution in [1.29, 1.82) is 0 Å². The van der Waals surface area contributed by atoms with E-state index in [2.05, 4.69) is 0 Å². The van der Waals surface area contributed by atoms with Gasteiger partial charge in [0.25, 0.3) is 5.91 Å². The van der Waals surface area contributed by atoms with Crippen molar-refractivity contribution in [3.05, 3.63) is 97.4 Å². The number of Topliss-reactive ketones (excluding diaryl/α,β-unsaturated/α-hetero) is 1. The van der Waals surface area contributed by atoms with Gasteiger partial charge in [0.1, 0.15) is 0 Å². The number of fused-ring (bicyclic) bond motifs is 1. The van der Waals surface area contributed by atoms with Gasteiger partial charge in [0.2, 0.25) is 0 Å². The van der Waals surface area contributed by atoms with E-state index < -0.39 is 23.7 Å². The van der Waals surface area contributed by atoms with Crippen LogP contribution in [0.4, 0.5) is 5.69 Å². The van der Waals surface area contributed by atoms with E-state index in [1.165, 1.54) is 23.1 Å². The SMILES string of the molecule is O=C(CC1(O)C(=O)N(Cc2ccc(Cl)c(Cl)c2)c2ccccc21)c1ccc(Cl)cc1Cl. The van der Waals surface area contributed by atoms with Gasteiger partial charge >= 0.3 is 0 Å². The number of amides is 1. The zero-order valence-electron chi connectivity index (χ0n) is 15.9. The smallest absolute Gasteiger partial charge is 0.264 e. The minimum atomic E-state index is -2.02. The van der Waals surface area contributed by atoms with E-state index in [1.54, 1.807) is 42.5 Å². The molecule has 0 aliphatic carbocycles. The molecule has 8 heteroatoms. The van der Waals surface area contributed by atoms with Crippen molar-refractivity contribution < 1.29 is 14.7 Å². The lowest BCUT2D eigenvalue weighted by atomic mass is 9.88. The summed E-state index contributed by atoms with van der Waals surface area (Å²) in [5, 5.41) is 12.7. The zero-order valence-corrected chi connectivity index (χ0v) is 18.9. The van der Waals surface area contributed by atoms with Gasteiger partial charge in [-0.25, -0.2) is 0 Å². The molecule has 0 spiro atoms. The number of hydrogen-bond acceptors (Lipinski definition) is 3. The summed E-state index contributed by atoms with van der Waals surface area (Å²) in [4.78, 5) is 27.7. The lowest BCUT2D eigenvalue weighted by Gasteiger charge is -2.23. The van der Waals surface area contributed by atoms with Crippen LogP contribution in [0.15, 0.2) is 60.7 Å². The minimum absolute atomic E-state index is 0.158. The Bertz CT molecular complexity index is 1210. The molecule has 1 aliphatic heterocycles. The second kappa shape index (κ2) is 8.45. The molecule has 3 aromatic carbocycles. The maximum absolute atomic E-state index is 13.4. The summed E-state index contributed by atoms with van der Waals surface area (Å²) in [6.07, 6.45) is -0.456. The summed E-state index contributed by atoms with van der Waals surface area (Å²) in [5.41, 5.74) is -0.219. The Hall–Kier alpha value is -2.08. The molecule has 1 heterocycles. The molecular weight excluding hydrogens is 480 g/mol. The van der Waals surface area contributed by atoms with Crippen LogP contribution in [0.25, 0.3) is 0 Å². The average molecular weight is 495 g/mol. The van der Waals surface area contributed by atoms with Crippen LogP contribution >= 0.6 is 46.4 Å². The second-order valence-corrected chi connectivity index (χ2v) is 8.90. The highest BCUT2D eigenvalue weighted by molar-refractivity contribution is 6.42. The minimum Gasteiger partial charge on any atom is -0.375 e. The summed E-state index contributed by atoms with van der Waals surface area (Å²) in [6, 6.07) is 16.3. The van der Waals surface area contributed by atoms with Gasteiger partial charge in [0.15, 0.2) is 11.4 Å². The van der Waals surface area contributed by atoms with Crippen molar-refractivity contribution in [1.82, 2.24) is 0 Å². The number of anilines is 1. The van der Waals surface area contributed by atoms with Crippen molar-refractivity contribution in [3.63, 3.8) is 0 Å². The first-order chi connectivity index (χ1) is 14.7. The molecule has 1 unspecified atom stereocenters. The maximum atomic E-state index is 13.4. The van der Waals surface area contributed by atoms with E-state index >= 15 is 0 Å². The Morgan fingerprint density at radius 2 is 1.65 bits per heavy atom. The number of aliphatic hydroxyl groups is 1. The third-order valence-corrected chi connectivity index (χ3v) is 6.50. The number of halogens is 4. The van der Waals surface area contributed by atoms with Gasteiger partial charge < -0.3 is 10.0 Å². The quantitative estimate of drug-likeness (QED) is 0.423. The van der Waals surface area contributed by atoms with Gasteiger partial charge in [-0.1, -0.05) is 70.7 Å². The summed E-state index contributed by atoms with van der Waals surface area (Å²) in [5.74, 6) is -1.07. The standard InChI is InChI=1S/C23H15Cl4NO3/c24-14-6-7-15(18(26)10-14)21(29)11-23(31)16-3-1-2-4-20(16)28(22(23)30)12-13-5-8-17(25)19(27)9-13/h1-10,31H,11-12H2. The Kier molecular flexibility index (Phi) is 6.03. The Balaban J connectivity index is 1.69. The summed E-state index contributed by atoms with van der Waals surface area (Å²) >= 11 is 24.1. The number of ketones is 1. The molecule has 0 radical (unpaired) electrons. The predicted molar refractivity (Wildman–Crippen MR) is 123 cm³/mol. The highest BCUT2D eigenvalue weighted by Gasteiger charge is 2.50. The normalized spacial score (nSPS) is 17.7. The van der Waals surface area contributed by atoms with E-state index in [4.69, 9.17) is 46.4 Å². The van der Waals surface area contributed by atoms with Crippen LogP contribution in [-0.4, -0.2) is 16.8 Å². The molecule has 1 amide bonds. The molecular formula is C23H15Cl4NO3. The Morgan fingerprint density at radius 1 is 0.903 bits per heavy atom. The lowest BCUT2D eigenvalue weighted by molar-refractivity contribution is -0.136. The van der Waals surface area contributed by atoms with E-state index in [9.17, 15) is 14.7 Å². The largest absolute Gasteiger partial charge is 0.375 e. The molecule has 0 aromatic heterocycles. The number of nitrogens with zero attached hydrogens (tertiary/aromatic N) is 1. The van der Waals surface area contributed by atoms with Crippen molar-refractivity contribution in [2.75, 3.05) is 4.90 Å². The first-order valence-corrected chi connectivity index (χ1v) is 10.8. The summed E-state index contributed by atoms with van der Waals surface area (Å²) < 4.78 is 0. The highest BCUT2D eigenvalue weighted by atomic mass is 35.5. The third kappa shape index (κ3) is 4.07. The fraction of sp³-hybridized carbons (Fsp3) is 0.130. The van der Waals surface area contributed by atoms with E-state index in [0.717, 1.165) is 5.56 Å². The van der Waals surface area contributed by atoms with Gasteiger partial charge in [0, 0.05) is 16.1 Å². The van der Waals surface area contributed by atoms with Crippen LogP contribution < -0.4 is 4.90 Å². The predicted octanol–water partition coefficient (Wildman–Crippen LogP) is 6.31. The fourth-order valence-corrected chi connectivity index (χ4v) is 4.53. The Morgan fingerprint density at radius 3 is 2.35 bits per heavy atom. The average Bonchev–Trinajstić information content (AvgIpc) is 2.92. The lowest BCUT2D eigenvalue weighted by Crippen LogP contribution is -2.41. The fourth-order valence-electron chi connectivity index (χ4n) is 3.70. The number of carbonyl (C=O) groups is 2. The number of para-hydroxylation sites is 1. The molecule has 0 bridgehead atoms. The molecule has 0 saturated carbocycles. The van der Waals surface area contributed by atoms with Crippen molar-refractivity contribution in [3.8, 4) is 0 Å². The number of rotatable bonds is 5. The monoisotopic (exact) mass is 493 g/mol. The third-order valence-electron chi connectivity index (χ3n) is 5.21. The van der Waals surface area contributed by atoms with Gasteiger partial charge in [0.05, 0.1) is 33.7 Å². The molecule has 0 fully saturated rings. The topological polar surface area (TPSA) is 57.6 Å². The zero-order chi connectivity index (χ0) is 22.3. The number of benzene rings is 3. The molecule has 4 rings (SSSR count). The first kappa shape index (κ1) is 22.1. The molecule has 1 aliphatic rings. The Labute approximate surface area is 198 Å². The van der Waals surface area contributed by atoms with E-state index in [1.807, 2.05) is 0 Å². The molecule has 31 heavy (non-hydrogen) atoms. The van der Waals surface area contributed by atoms with Crippen LogP contribution in [0.1, 0.15) is 27.9 Å². The van der Waals surface area contributed by atoms with Crippen LogP contribution in [-0.2, 0) is 16.9 Å². The number of hydrogen-bond donors (Lipinski definition) is 1. The van der Waals surface area contributed by atoms with Crippen LogP contribution in [0.3, 0.4) is 0 Å². The van der Waals surface area contributed by atoms with Crippen LogP contribution in [0.5, 0.6) is 0 Å². The van der Waals surface area contributed by atoms with Crippen molar-refractivity contribution in [2.45, 2.75) is 18.6 Å². The first-order valence-electron chi connectivity index (χ1n) is 9.27. The van der Waals surface area contributed by atoms with Crippen LogP contribution in [0.2, 0.25) is 20.1 Å².